The van der Waals surface area contributed by atoms with Crippen LogP contribution in [-0.4, -0.2) is 31.3 Å². The molecule has 0 saturated carbocycles. The van der Waals surface area contributed by atoms with Gasteiger partial charge in [0.15, 0.2) is 28.4 Å². The summed E-state index contributed by atoms with van der Waals surface area (Å²) < 4.78 is 28.2. The molecule has 0 bridgehead atoms. The van der Waals surface area contributed by atoms with Gasteiger partial charge in [-0.25, -0.2) is 0 Å². The molecule has 2 aliphatic rings. The predicted octanol–water partition coefficient (Wildman–Crippen LogP) is 5.49. The first kappa shape index (κ1) is 23.9. The Morgan fingerprint density at radius 1 is 1.05 bits per heavy atom. The maximum atomic E-state index is 13.8. The van der Waals surface area contributed by atoms with E-state index < -0.39 is 11.9 Å². The Hall–Kier alpha value is -4.43. The first-order valence-electron chi connectivity index (χ1n) is 11.9. The fourth-order valence-corrected chi connectivity index (χ4v) is 5.03. The lowest BCUT2D eigenvalue weighted by Crippen LogP contribution is -2.29. The van der Waals surface area contributed by atoms with Gasteiger partial charge in [0, 0.05) is 11.6 Å². The van der Waals surface area contributed by atoms with Gasteiger partial charge in [0.2, 0.25) is 12.6 Å². The predicted molar refractivity (Wildman–Crippen MR) is 140 cm³/mol. The van der Waals surface area contributed by atoms with E-state index in [9.17, 15) is 9.59 Å². The van der Waals surface area contributed by atoms with Crippen LogP contribution in [0.25, 0.3) is 11.0 Å². The minimum Gasteiger partial charge on any atom is -0.493 e. The number of hydrogen-bond donors (Lipinski definition) is 0. The average Bonchev–Trinajstić information content (AvgIpc) is 3.50. The van der Waals surface area contributed by atoms with Gasteiger partial charge in [-0.15, -0.1) is 0 Å². The molecule has 4 aromatic rings. The summed E-state index contributed by atoms with van der Waals surface area (Å²) in [6, 6.07) is 14.8. The summed E-state index contributed by atoms with van der Waals surface area (Å²) >= 11 is 6.19. The van der Waals surface area contributed by atoms with Crippen molar-refractivity contribution in [2.24, 2.45) is 0 Å². The third kappa shape index (κ3) is 3.94. The van der Waals surface area contributed by atoms with Crippen molar-refractivity contribution in [2.45, 2.75) is 12.6 Å². The second-order valence-electron chi connectivity index (χ2n) is 8.85. The molecule has 9 heteroatoms. The minimum absolute atomic E-state index is 0.00140. The summed E-state index contributed by atoms with van der Waals surface area (Å²) in [4.78, 5) is 29.2. The number of methoxy groups -OCH3 is 1. The van der Waals surface area contributed by atoms with E-state index >= 15 is 0 Å². The molecule has 3 heterocycles. The molecular weight excluding hydrogens is 510 g/mol. The Morgan fingerprint density at radius 2 is 1.89 bits per heavy atom. The van der Waals surface area contributed by atoms with Crippen LogP contribution in [0.4, 0.5) is 0 Å². The van der Waals surface area contributed by atoms with Crippen LogP contribution in [-0.2, 0) is 6.54 Å². The Kier molecular flexibility index (Phi) is 5.96. The van der Waals surface area contributed by atoms with Crippen molar-refractivity contribution < 1.29 is 28.2 Å². The first-order chi connectivity index (χ1) is 18.5. The number of ether oxygens (including phenoxy) is 4. The van der Waals surface area contributed by atoms with Crippen LogP contribution in [0.3, 0.4) is 0 Å². The number of nitrogens with zero attached hydrogens (tertiary/aromatic N) is 1. The van der Waals surface area contributed by atoms with Crippen LogP contribution >= 0.6 is 11.6 Å². The first-order valence-corrected chi connectivity index (χ1v) is 12.2. The number of fused-ring (bicyclic) bond motifs is 3. The number of benzene rings is 3. The van der Waals surface area contributed by atoms with E-state index in [1.54, 1.807) is 47.4 Å². The van der Waals surface area contributed by atoms with E-state index in [0.717, 1.165) is 5.56 Å². The Bertz CT molecular complexity index is 1660. The highest BCUT2D eigenvalue weighted by Crippen LogP contribution is 2.42. The smallest absolute Gasteiger partial charge is 0.291 e. The summed E-state index contributed by atoms with van der Waals surface area (Å²) in [7, 11) is 1.53. The number of hydrogen-bond acceptors (Lipinski definition) is 7. The largest absolute Gasteiger partial charge is 0.493 e. The molecule has 3 aromatic carbocycles. The van der Waals surface area contributed by atoms with Crippen LogP contribution in [0.5, 0.6) is 23.0 Å². The van der Waals surface area contributed by atoms with E-state index in [0.29, 0.717) is 51.2 Å². The lowest BCUT2D eigenvalue weighted by Gasteiger charge is -2.26. The molecule has 0 spiro atoms. The molecule has 1 amide bonds. The van der Waals surface area contributed by atoms with Crippen LogP contribution < -0.4 is 24.4 Å². The normalized spacial score (nSPS) is 15.6. The van der Waals surface area contributed by atoms with Gasteiger partial charge in [0.1, 0.15) is 12.2 Å². The minimum atomic E-state index is -0.745. The van der Waals surface area contributed by atoms with Gasteiger partial charge in [-0.3, -0.25) is 9.59 Å². The Labute approximate surface area is 222 Å². The summed E-state index contributed by atoms with van der Waals surface area (Å²) in [5.41, 5.74) is 1.68. The van der Waals surface area contributed by atoms with Gasteiger partial charge in [0.05, 0.1) is 24.1 Å². The summed E-state index contributed by atoms with van der Waals surface area (Å²) in [6.07, 6.45) is 1.63. The zero-order valence-electron chi connectivity index (χ0n) is 20.4. The molecule has 38 heavy (non-hydrogen) atoms. The van der Waals surface area contributed by atoms with Crippen LogP contribution in [0.1, 0.15) is 33.3 Å². The second kappa shape index (κ2) is 9.46. The maximum absolute atomic E-state index is 13.8. The van der Waals surface area contributed by atoms with E-state index in [1.165, 1.54) is 7.11 Å². The zero-order valence-corrected chi connectivity index (χ0v) is 21.1. The van der Waals surface area contributed by atoms with E-state index in [1.807, 2.05) is 18.2 Å². The SMILES string of the molecule is C=CCOc1ccc([C@H]2c3c(oc4ccc(Cl)cc4c3=O)C(=O)N2Cc2ccc3c(c2)OCO3)cc1OC. The molecule has 1 aromatic heterocycles. The third-order valence-electron chi connectivity index (χ3n) is 6.58. The Balaban J connectivity index is 1.51. The van der Waals surface area contributed by atoms with Crippen molar-refractivity contribution in [3.8, 4) is 23.0 Å². The van der Waals surface area contributed by atoms with Crippen molar-refractivity contribution in [2.75, 3.05) is 20.5 Å². The van der Waals surface area contributed by atoms with Crippen molar-refractivity contribution in [3.05, 3.63) is 105 Å². The Morgan fingerprint density at radius 3 is 2.71 bits per heavy atom. The molecule has 0 N–H and O–H groups in total. The van der Waals surface area contributed by atoms with Crippen molar-refractivity contribution in [1.29, 1.82) is 0 Å². The standard InChI is InChI=1S/C29H22ClNO7/c1-3-10-35-21-8-5-17(12-23(21)34-2)26-25-27(32)19-13-18(30)6-9-20(19)38-28(25)29(33)31(26)14-16-4-7-22-24(11-16)37-15-36-22/h3-9,11-13,26H,1,10,14-15H2,2H3/t26-/m0/s1. The molecule has 0 radical (unpaired) electrons. The quantitative estimate of drug-likeness (QED) is 0.291. The van der Waals surface area contributed by atoms with E-state index in [-0.39, 0.29) is 30.1 Å². The molecule has 192 valence electrons. The molecule has 6 rings (SSSR count). The third-order valence-corrected chi connectivity index (χ3v) is 6.81. The second-order valence-corrected chi connectivity index (χ2v) is 9.28. The molecule has 0 fully saturated rings. The topological polar surface area (TPSA) is 87.4 Å². The van der Waals surface area contributed by atoms with Crippen molar-refractivity contribution >= 4 is 28.5 Å². The molecule has 0 aliphatic carbocycles. The number of rotatable bonds is 7. The van der Waals surface area contributed by atoms with Gasteiger partial charge in [0.25, 0.3) is 5.91 Å². The lowest BCUT2D eigenvalue weighted by molar-refractivity contribution is 0.0714. The maximum Gasteiger partial charge on any atom is 0.291 e. The van der Waals surface area contributed by atoms with Gasteiger partial charge >= 0.3 is 0 Å². The highest BCUT2D eigenvalue weighted by Gasteiger charge is 2.43. The lowest BCUT2D eigenvalue weighted by atomic mass is 9.97. The molecule has 1 atom stereocenters. The molecular formula is C29H22ClNO7. The van der Waals surface area contributed by atoms with Gasteiger partial charge in [-0.2, -0.15) is 0 Å². The van der Waals surface area contributed by atoms with Crippen LogP contribution in [0.2, 0.25) is 5.02 Å². The monoisotopic (exact) mass is 531 g/mol. The van der Waals surface area contributed by atoms with Gasteiger partial charge in [-0.05, 0) is 53.6 Å². The van der Waals surface area contributed by atoms with Crippen molar-refractivity contribution in [3.63, 3.8) is 0 Å². The average molecular weight is 532 g/mol. The summed E-state index contributed by atoms with van der Waals surface area (Å²) in [5, 5.41) is 0.699. The molecule has 2 aliphatic heterocycles. The fraction of sp³-hybridized carbons (Fsp3) is 0.172. The summed E-state index contributed by atoms with van der Waals surface area (Å²) in [6.45, 7) is 4.31. The van der Waals surface area contributed by atoms with Gasteiger partial charge < -0.3 is 28.3 Å². The highest BCUT2D eigenvalue weighted by atomic mass is 35.5. The van der Waals surface area contributed by atoms with Crippen molar-refractivity contribution in [1.82, 2.24) is 4.90 Å². The highest BCUT2D eigenvalue weighted by molar-refractivity contribution is 6.31. The molecule has 8 nitrogen and oxygen atoms in total. The van der Waals surface area contributed by atoms with Crippen LogP contribution in [0, 0.1) is 0 Å². The van der Waals surface area contributed by atoms with E-state index in [4.69, 9.17) is 35.0 Å². The molecule has 0 saturated heterocycles. The van der Waals surface area contributed by atoms with E-state index in [2.05, 4.69) is 6.58 Å². The zero-order chi connectivity index (χ0) is 26.4. The number of halogens is 1. The molecule has 0 unspecified atom stereocenters. The van der Waals surface area contributed by atoms with Crippen LogP contribution in [0.15, 0.2) is 76.5 Å². The number of carbonyl (C=O) groups excluding carboxylic acids is 1. The summed E-state index contributed by atoms with van der Waals surface area (Å²) in [5.74, 6) is 1.82. The number of amides is 1. The fourth-order valence-electron chi connectivity index (χ4n) is 4.86. The number of carbonyl (C=O) groups is 1. The van der Waals surface area contributed by atoms with Gasteiger partial charge in [-0.1, -0.05) is 36.4 Å².